The molecule has 1 amide bonds. The van der Waals surface area contributed by atoms with Crippen molar-refractivity contribution in [1.29, 1.82) is 0 Å². The molecule has 12 heavy (non-hydrogen) atoms. The van der Waals surface area contributed by atoms with Crippen molar-refractivity contribution in [2.45, 2.75) is 6.42 Å². The van der Waals surface area contributed by atoms with Crippen molar-refractivity contribution in [3.8, 4) is 0 Å². The highest BCUT2D eigenvalue weighted by Gasteiger charge is 2.02. The van der Waals surface area contributed by atoms with Crippen LogP contribution in [0.3, 0.4) is 0 Å². The van der Waals surface area contributed by atoms with Crippen molar-refractivity contribution in [1.82, 2.24) is 5.32 Å². The number of primary amides is 1. The summed E-state index contributed by atoms with van der Waals surface area (Å²) in [6, 6.07) is 0. The number of nitrogens with two attached hydrogens (primary N) is 1. The Bertz CT molecular complexity index is 236. The zero-order chi connectivity index (χ0) is 9.61. The van der Waals surface area contributed by atoms with Crippen molar-refractivity contribution in [3.63, 3.8) is 0 Å². The van der Waals surface area contributed by atoms with Crippen LogP contribution in [0, 0.1) is 0 Å². The number of carbonyl (C=O) groups is 1. The van der Waals surface area contributed by atoms with Crippen LogP contribution in [-0.2, 0) is 14.9 Å². The maximum absolute atomic E-state index is 10.2. The summed E-state index contributed by atoms with van der Waals surface area (Å²) in [6.45, 7) is 0.355. The predicted molar refractivity (Wildman–Crippen MR) is 43.1 cm³/mol. The van der Waals surface area contributed by atoms with Gasteiger partial charge < -0.3 is 11.1 Å². The van der Waals surface area contributed by atoms with E-state index in [4.69, 9.17) is 10.3 Å². The van der Waals surface area contributed by atoms with Gasteiger partial charge in [-0.3, -0.25) is 9.35 Å². The van der Waals surface area contributed by atoms with Gasteiger partial charge in [0.2, 0.25) is 5.91 Å². The van der Waals surface area contributed by atoms with Gasteiger partial charge in [-0.2, -0.15) is 8.42 Å². The van der Waals surface area contributed by atoms with E-state index < -0.39 is 16.0 Å². The molecule has 72 valence electrons. The van der Waals surface area contributed by atoms with Crippen LogP contribution in [0.2, 0.25) is 0 Å². The summed E-state index contributed by atoms with van der Waals surface area (Å²) in [5.74, 6) is -0.805. The second kappa shape index (κ2) is 5.07. The summed E-state index contributed by atoms with van der Waals surface area (Å²) in [5.41, 5.74) is 4.79. The summed E-state index contributed by atoms with van der Waals surface area (Å²) in [5, 5.41) is 2.61. The minimum absolute atomic E-state index is 0.0193. The van der Waals surface area contributed by atoms with Crippen molar-refractivity contribution in [2.75, 3.05) is 18.8 Å². The molecule has 0 aliphatic heterocycles. The first-order chi connectivity index (χ1) is 5.42. The third kappa shape index (κ3) is 9.34. The van der Waals surface area contributed by atoms with Gasteiger partial charge in [0.05, 0.1) is 12.3 Å². The Balaban J connectivity index is 3.29. The molecule has 0 atom stereocenters. The van der Waals surface area contributed by atoms with Crippen LogP contribution in [-0.4, -0.2) is 37.7 Å². The van der Waals surface area contributed by atoms with Gasteiger partial charge in [0.15, 0.2) is 0 Å². The molecule has 0 heterocycles. The first-order valence-electron chi connectivity index (χ1n) is 3.36. The molecule has 0 rings (SSSR count). The Morgan fingerprint density at radius 2 is 2.08 bits per heavy atom. The minimum atomic E-state index is -3.88. The van der Waals surface area contributed by atoms with Crippen LogP contribution in [0.1, 0.15) is 6.42 Å². The molecule has 0 saturated carbocycles. The Morgan fingerprint density at radius 3 is 2.50 bits per heavy atom. The van der Waals surface area contributed by atoms with Crippen LogP contribution in [0.4, 0.5) is 0 Å². The van der Waals surface area contributed by atoms with Gasteiger partial charge in [-0.1, -0.05) is 0 Å². The molecule has 0 saturated heterocycles. The second-order valence-corrected chi connectivity index (χ2v) is 3.85. The molecule has 0 aromatic carbocycles. The van der Waals surface area contributed by atoms with Gasteiger partial charge in [-0.05, 0) is 13.0 Å². The van der Waals surface area contributed by atoms with E-state index >= 15 is 0 Å². The smallest absolute Gasteiger partial charge is 0.264 e. The number of nitrogens with one attached hydrogen (secondary N) is 1. The molecule has 0 aliphatic rings. The van der Waals surface area contributed by atoms with Crippen molar-refractivity contribution in [2.24, 2.45) is 5.73 Å². The number of amides is 1. The summed E-state index contributed by atoms with van der Waals surface area (Å²) in [7, 11) is -3.88. The summed E-state index contributed by atoms with van der Waals surface area (Å²) < 4.78 is 28.6. The maximum atomic E-state index is 10.2. The van der Waals surface area contributed by atoms with Crippen molar-refractivity contribution < 1.29 is 17.8 Å². The fraction of sp³-hybridized carbons (Fsp3) is 0.800. The molecule has 6 nitrogen and oxygen atoms in total. The molecular formula is C5H12N2O4S. The van der Waals surface area contributed by atoms with E-state index in [-0.39, 0.29) is 18.7 Å². The highest BCUT2D eigenvalue weighted by molar-refractivity contribution is 7.85. The molecule has 0 fully saturated rings. The first kappa shape index (κ1) is 11.3. The van der Waals surface area contributed by atoms with Crippen LogP contribution < -0.4 is 11.1 Å². The zero-order valence-corrected chi connectivity index (χ0v) is 7.30. The third-order valence-electron chi connectivity index (χ3n) is 1.06. The molecule has 4 N–H and O–H groups in total. The zero-order valence-electron chi connectivity index (χ0n) is 6.49. The van der Waals surface area contributed by atoms with E-state index in [9.17, 15) is 13.2 Å². The lowest BCUT2D eigenvalue weighted by Gasteiger charge is -1.99. The van der Waals surface area contributed by atoms with Gasteiger partial charge in [-0.25, -0.2) is 0 Å². The van der Waals surface area contributed by atoms with Crippen LogP contribution in [0.5, 0.6) is 0 Å². The van der Waals surface area contributed by atoms with E-state index in [1.165, 1.54) is 0 Å². The lowest BCUT2D eigenvalue weighted by molar-refractivity contribution is -0.117. The summed E-state index contributed by atoms with van der Waals surface area (Å²) in [6.07, 6.45) is 0.256. The fourth-order valence-corrected chi connectivity index (χ4v) is 1.10. The van der Waals surface area contributed by atoms with E-state index in [1.54, 1.807) is 0 Å². The number of carbonyl (C=O) groups excluding carboxylic acids is 1. The summed E-state index contributed by atoms with van der Waals surface area (Å²) in [4.78, 5) is 10.2. The van der Waals surface area contributed by atoms with Crippen LogP contribution >= 0.6 is 0 Å². The molecule has 0 spiro atoms. The lowest BCUT2D eigenvalue weighted by atomic mass is 10.4. The van der Waals surface area contributed by atoms with Crippen molar-refractivity contribution in [3.05, 3.63) is 0 Å². The van der Waals surface area contributed by atoms with Gasteiger partial charge in [0.25, 0.3) is 10.1 Å². The normalized spacial score (nSPS) is 11.4. The third-order valence-corrected chi connectivity index (χ3v) is 1.86. The van der Waals surface area contributed by atoms with E-state index in [0.29, 0.717) is 6.54 Å². The predicted octanol–water partition coefficient (Wildman–Crippen LogP) is -1.66. The molecular weight excluding hydrogens is 184 g/mol. The molecule has 0 bridgehead atoms. The molecule has 0 aliphatic carbocycles. The van der Waals surface area contributed by atoms with Gasteiger partial charge >= 0.3 is 0 Å². The molecule has 0 aromatic heterocycles. The number of rotatable bonds is 6. The Labute approximate surface area is 70.9 Å². The minimum Gasteiger partial charge on any atom is -0.369 e. The van der Waals surface area contributed by atoms with Gasteiger partial charge in [0, 0.05) is 0 Å². The SMILES string of the molecule is NC(=O)CNCCCS(=O)(=O)O. The Morgan fingerprint density at radius 1 is 1.50 bits per heavy atom. The maximum Gasteiger partial charge on any atom is 0.264 e. The highest BCUT2D eigenvalue weighted by Crippen LogP contribution is 1.85. The topological polar surface area (TPSA) is 109 Å². The molecule has 0 radical (unpaired) electrons. The lowest BCUT2D eigenvalue weighted by Crippen LogP contribution is -2.29. The number of hydrogen-bond acceptors (Lipinski definition) is 4. The van der Waals surface area contributed by atoms with E-state index in [2.05, 4.69) is 5.32 Å². The average Bonchev–Trinajstić information content (AvgIpc) is 1.83. The quantitative estimate of drug-likeness (QED) is 0.348. The number of hydrogen-bond donors (Lipinski definition) is 3. The van der Waals surface area contributed by atoms with E-state index in [0.717, 1.165) is 0 Å². The fourth-order valence-electron chi connectivity index (χ4n) is 0.591. The van der Waals surface area contributed by atoms with Gasteiger partial charge in [-0.15, -0.1) is 0 Å². The van der Waals surface area contributed by atoms with E-state index in [1.807, 2.05) is 0 Å². The summed E-state index contributed by atoms with van der Waals surface area (Å²) >= 11 is 0. The van der Waals surface area contributed by atoms with Gasteiger partial charge in [0.1, 0.15) is 0 Å². The van der Waals surface area contributed by atoms with Crippen LogP contribution in [0.15, 0.2) is 0 Å². The Kier molecular flexibility index (Phi) is 4.79. The Hall–Kier alpha value is -0.660. The molecule has 0 unspecified atom stereocenters. The molecule has 0 aromatic rings. The average molecular weight is 196 g/mol. The second-order valence-electron chi connectivity index (χ2n) is 2.28. The first-order valence-corrected chi connectivity index (χ1v) is 4.97. The van der Waals surface area contributed by atoms with Crippen LogP contribution in [0.25, 0.3) is 0 Å². The largest absolute Gasteiger partial charge is 0.369 e. The standard InChI is InChI=1S/C5H12N2O4S/c6-5(8)4-7-2-1-3-12(9,10)11/h7H,1-4H2,(H2,6,8)(H,9,10,11). The monoisotopic (exact) mass is 196 g/mol. The molecule has 7 heteroatoms. The highest BCUT2D eigenvalue weighted by atomic mass is 32.2. The van der Waals surface area contributed by atoms with Crippen molar-refractivity contribution >= 4 is 16.0 Å².